The van der Waals surface area contributed by atoms with Crippen molar-refractivity contribution in [2.45, 2.75) is 13.3 Å². The molecule has 2 aromatic heterocycles. The van der Waals surface area contributed by atoms with Gasteiger partial charge >= 0.3 is 0 Å². The van der Waals surface area contributed by atoms with Gasteiger partial charge in [-0.25, -0.2) is 0 Å². The lowest BCUT2D eigenvalue weighted by Crippen LogP contribution is -2.45. The van der Waals surface area contributed by atoms with Crippen LogP contribution in [0.15, 0.2) is 36.7 Å². The van der Waals surface area contributed by atoms with E-state index in [0.29, 0.717) is 5.92 Å². The van der Waals surface area contributed by atoms with E-state index in [9.17, 15) is 4.79 Å². The molecular weight excluding hydrogens is 290 g/mol. The van der Waals surface area contributed by atoms with Gasteiger partial charge in [0.2, 0.25) is 5.91 Å². The van der Waals surface area contributed by atoms with Crippen LogP contribution in [-0.4, -0.2) is 40.7 Å². The van der Waals surface area contributed by atoms with Crippen molar-refractivity contribution in [2.24, 2.45) is 11.8 Å². The third-order valence-electron chi connectivity index (χ3n) is 4.81. The molecule has 118 valence electrons. The van der Waals surface area contributed by atoms with Crippen molar-refractivity contribution in [3.05, 3.63) is 42.4 Å². The lowest BCUT2D eigenvalue weighted by molar-refractivity contribution is -0.124. The average molecular weight is 309 g/mol. The smallest absolute Gasteiger partial charge is 0.232 e. The summed E-state index contributed by atoms with van der Waals surface area (Å²) in [6, 6.07) is 7.78. The van der Waals surface area contributed by atoms with E-state index in [4.69, 9.17) is 0 Å². The Balaban J connectivity index is 1.53. The van der Waals surface area contributed by atoms with Crippen LogP contribution in [0.25, 0.3) is 0 Å². The molecule has 6 heteroatoms. The molecular formula is C17H19N5O. The van der Waals surface area contributed by atoms with Crippen LogP contribution in [0.4, 0.5) is 11.5 Å². The number of fused-ring (bicyclic) bond motifs is 1. The van der Waals surface area contributed by atoms with E-state index < -0.39 is 0 Å². The second-order valence-corrected chi connectivity index (χ2v) is 6.29. The van der Waals surface area contributed by atoms with Crippen LogP contribution >= 0.6 is 0 Å². The lowest BCUT2D eigenvalue weighted by atomic mass is 9.88. The number of hydrogen-bond acceptors (Lipinski definition) is 5. The molecule has 2 aliphatic rings. The molecule has 0 aromatic carbocycles. The molecule has 2 aromatic rings. The Hall–Kier alpha value is -2.50. The van der Waals surface area contributed by atoms with Gasteiger partial charge in [-0.15, -0.1) is 5.10 Å². The first-order chi connectivity index (χ1) is 11.2. The van der Waals surface area contributed by atoms with E-state index in [0.717, 1.165) is 43.3 Å². The van der Waals surface area contributed by atoms with Crippen molar-refractivity contribution >= 4 is 17.4 Å². The van der Waals surface area contributed by atoms with E-state index in [2.05, 4.69) is 20.1 Å². The highest BCUT2D eigenvalue weighted by Gasteiger charge is 2.43. The van der Waals surface area contributed by atoms with Gasteiger partial charge < -0.3 is 9.80 Å². The zero-order valence-electron chi connectivity index (χ0n) is 13.1. The highest BCUT2D eigenvalue weighted by Crippen LogP contribution is 2.35. The molecule has 0 radical (unpaired) electrons. The van der Waals surface area contributed by atoms with E-state index in [1.54, 1.807) is 12.4 Å². The molecule has 0 N–H and O–H groups in total. The summed E-state index contributed by atoms with van der Waals surface area (Å²) in [5, 5.41) is 8.39. The van der Waals surface area contributed by atoms with Gasteiger partial charge in [0, 0.05) is 25.8 Å². The zero-order chi connectivity index (χ0) is 15.8. The molecule has 23 heavy (non-hydrogen) atoms. The zero-order valence-corrected chi connectivity index (χ0v) is 13.1. The van der Waals surface area contributed by atoms with Gasteiger partial charge in [0.05, 0.1) is 23.5 Å². The fourth-order valence-corrected chi connectivity index (χ4v) is 3.57. The Morgan fingerprint density at radius 3 is 2.83 bits per heavy atom. The third kappa shape index (κ3) is 2.54. The van der Waals surface area contributed by atoms with Crippen LogP contribution in [0.2, 0.25) is 0 Å². The molecule has 2 aliphatic heterocycles. The van der Waals surface area contributed by atoms with Crippen molar-refractivity contribution in [3.8, 4) is 0 Å². The third-order valence-corrected chi connectivity index (χ3v) is 4.81. The maximum atomic E-state index is 12.9. The normalized spacial score (nSPS) is 24.0. The minimum Gasteiger partial charge on any atom is -0.354 e. The van der Waals surface area contributed by atoms with Gasteiger partial charge in [-0.2, -0.15) is 5.10 Å². The van der Waals surface area contributed by atoms with Gasteiger partial charge in [-0.05, 0) is 43.5 Å². The molecule has 2 fully saturated rings. The number of piperidine rings is 1. The molecule has 0 saturated carbocycles. The number of anilines is 2. The number of amides is 1. The summed E-state index contributed by atoms with van der Waals surface area (Å²) < 4.78 is 0. The summed E-state index contributed by atoms with van der Waals surface area (Å²) in [6.45, 7) is 4.29. The minimum absolute atomic E-state index is 0.0343. The van der Waals surface area contributed by atoms with Crippen LogP contribution < -0.4 is 9.80 Å². The first kappa shape index (κ1) is 14.1. The fourth-order valence-electron chi connectivity index (χ4n) is 3.57. The maximum Gasteiger partial charge on any atom is 0.232 e. The van der Waals surface area contributed by atoms with Gasteiger partial charge in [0.15, 0.2) is 5.82 Å². The van der Waals surface area contributed by atoms with Gasteiger partial charge in [-0.3, -0.25) is 9.78 Å². The number of aryl methyl sites for hydroxylation is 1. The number of aromatic nitrogens is 3. The van der Waals surface area contributed by atoms with Crippen LogP contribution in [0.1, 0.15) is 12.1 Å². The summed E-state index contributed by atoms with van der Waals surface area (Å²) in [7, 11) is 0. The monoisotopic (exact) mass is 309 g/mol. The second-order valence-electron chi connectivity index (χ2n) is 6.29. The molecule has 0 spiro atoms. The Kier molecular flexibility index (Phi) is 3.44. The Morgan fingerprint density at radius 1 is 1.17 bits per heavy atom. The first-order valence-corrected chi connectivity index (χ1v) is 7.99. The predicted octanol–water partition coefficient (Wildman–Crippen LogP) is 1.67. The van der Waals surface area contributed by atoms with Crippen LogP contribution in [0, 0.1) is 18.8 Å². The summed E-state index contributed by atoms with van der Waals surface area (Å²) in [6.07, 6.45) is 4.51. The molecule has 1 amide bonds. The molecule has 0 aliphatic carbocycles. The van der Waals surface area contributed by atoms with Crippen LogP contribution in [-0.2, 0) is 4.79 Å². The van der Waals surface area contributed by atoms with Crippen molar-refractivity contribution in [1.82, 2.24) is 15.2 Å². The van der Waals surface area contributed by atoms with Crippen molar-refractivity contribution in [2.75, 3.05) is 29.4 Å². The Bertz CT molecular complexity index is 703. The van der Waals surface area contributed by atoms with Crippen molar-refractivity contribution in [1.29, 1.82) is 0 Å². The molecule has 2 atom stereocenters. The molecule has 4 rings (SSSR count). The number of nitrogens with zero attached hydrogens (tertiary/aromatic N) is 5. The molecule has 6 nitrogen and oxygen atoms in total. The Morgan fingerprint density at radius 2 is 2.09 bits per heavy atom. The van der Waals surface area contributed by atoms with Gasteiger partial charge in [0.1, 0.15) is 0 Å². The van der Waals surface area contributed by atoms with Gasteiger partial charge in [0.25, 0.3) is 0 Å². The molecule has 0 unspecified atom stereocenters. The number of rotatable bonds is 2. The minimum atomic E-state index is 0.0343. The molecule has 2 saturated heterocycles. The SMILES string of the molecule is Cc1ccc(N2C[C@H]3CCN(c4cccnc4)C(=O)[C@@H]3C2)nn1. The standard InChI is InChI=1S/C17H19N5O/c1-12-4-5-16(20-19-12)21-10-13-6-8-22(17(23)15(13)11-21)14-3-2-7-18-9-14/h2-5,7,9,13,15H,6,8,10-11H2,1H3/t13-,15-/m1/s1. The largest absolute Gasteiger partial charge is 0.354 e. The topological polar surface area (TPSA) is 62.2 Å². The summed E-state index contributed by atoms with van der Waals surface area (Å²) >= 11 is 0. The predicted molar refractivity (Wildman–Crippen MR) is 87.2 cm³/mol. The van der Waals surface area contributed by atoms with Crippen LogP contribution in [0.5, 0.6) is 0 Å². The number of carbonyl (C=O) groups excluding carboxylic acids is 1. The molecule has 0 bridgehead atoms. The number of hydrogen-bond donors (Lipinski definition) is 0. The summed E-state index contributed by atoms with van der Waals surface area (Å²) in [5.74, 6) is 1.51. The van der Waals surface area contributed by atoms with E-state index in [1.807, 2.05) is 36.1 Å². The second kappa shape index (κ2) is 5.61. The van der Waals surface area contributed by atoms with Crippen molar-refractivity contribution < 1.29 is 4.79 Å². The summed E-state index contributed by atoms with van der Waals surface area (Å²) in [4.78, 5) is 21.1. The Labute approximate surface area is 135 Å². The quantitative estimate of drug-likeness (QED) is 0.844. The lowest BCUT2D eigenvalue weighted by Gasteiger charge is -2.33. The van der Waals surface area contributed by atoms with E-state index in [-0.39, 0.29) is 11.8 Å². The first-order valence-electron chi connectivity index (χ1n) is 7.99. The summed E-state index contributed by atoms with van der Waals surface area (Å²) in [5.41, 5.74) is 1.80. The number of carbonyl (C=O) groups is 1. The highest BCUT2D eigenvalue weighted by molar-refractivity contribution is 5.96. The molecule has 4 heterocycles. The van der Waals surface area contributed by atoms with Crippen molar-refractivity contribution in [3.63, 3.8) is 0 Å². The number of pyridine rings is 1. The maximum absolute atomic E-state index is 12.9. The highest BCUT2D eigenvalue weighted by atomic mass is 16.2. The van der Waals surface area contributed by atoms with Gasteiger partial charge in [-0.1, -0.05) is 0 Å². The van der Waals surface area contributed by atoms with Crippen LogP contribution in [0.3, 0.4) is 0 Å². The average Bonchev–Trinajstić information content (AvgIpc) is 3.02. The fraction of sp³-hybridized carbons (Fsp3) is 0.412. The van der Waals surface area contributed by atoms with E-state index >= 15 is 0 Å². The van der Waals surface area contributed by atoms with E-state index in [1.165, 1.54) is 0 Å².